The number of rotatable bonds is 5. The molecule has 18 heavy (non-hydrogen) atoms. The quantitative estimate of drug-likeness (QED) is 0.819. The van der Waals surface area contributed by atoms with Gasteiger partial charge in [-0.1, -0.05) is 30.3 Å². The smallest absolute Gasteiger partial charge is 0.134 e. The zero-order valence-electron chi connectivity index (χ0n) is 10.6. The molecule has 0 saturated carbocycles. The minimum Gasteiger partial charge on any atom is -0.496 e. The van der Waals surface area contributed by atoms with Gasteiger partial charge < -0.3 is 10.1 Å². The zero-order valence-corrected chi connectivity index (χ0v) is 11.5. The highest BCUT2D eigenvalue weighted by atomic mass is 32.2. The van der Waals surface area contributed by atoms with Crippen molar-refractivity contribution in [2.75, 3.05) is 19.5 Å². The van der Waals surface area contributed by atoms with Gasteiger partial charge in [0.1, 0.15) is 5.75 Å². The van der Waals surface area contributed by atoms with E-state index in [9.17, 15) is 0 Å². The van der Waals surface area contributed by atoms with Gasteiger partial charge in [0.15, 0.2) is 0 Å². The molecule has 0 amide bonds. The molecule has 2 rings (SSSR count). The number of ether oxygens (including phenoxy) is 1. The molecular formula is C15H17NOS. The Balaban J connectivity index is 2.09. The van der Waals surface area contributed by atoms with E-state index in [1.54, 1.807) is 18.9 Å². The molecule has 0 radical (unpaired) electrons. The maximum Gasteiger partial charge on any atom is 0.134 e. The molecular weight excluding hydrogens is 242 g/mol. The first kappa shape index (κ1) is 12.8. The van der Waals surface area contributed by atoms with Gasteiger partial charge in [-0.25, -0.2) is 0 Å². The predicted octanol–water partition coefficient (Wildman–Crippen LogP) is 4.03. The summed E-state index contributed by atoms with van der Waals surface area (Å²) in [5, 5.41) is 3.11. The second kappa shape index (κ2) is 6.36. The summed E-state index contributed by atoms with van der Waals surface area (Å²) < 4.78 is 5.42. The lowest BCUT2D eigenvalue weighted by molar-refractivity contribution is 0.405. The van der Waals surface area contributed by atoms with Gasteiger partial charge in [-0.3, -0.25) is 0 Å². The van der Waals surface area contributed by atoms with Gasteiger partial charge in [0.25, 0.3) is 0 Å². The highest BCUT2D eigenvalue weighted by Gasteiger charge is 2.05. The summed E-state index contributed by atoms with van der Waals surface area (Å²) in [7, 11) is 3.62. The van der Waals surface area contributed by atoms with Crippen molar-refractivity contribution in [1.29, 1.82) is 0 Å². The molecule has 0 aliphatic rings. The van der Waals surface area contributed by atoms with E-state index < -0.39 is 0 Å². The highest BCUT2D eigenvalue weighted by molar-refractivity contribution is 7.98. The molecule has 0 bridgehead atoms. The molecule has 0 atom stereocenters. The van der Waals surface area contributed by atoms with E-state index in [4.69, 9.17) is 4.74 Å². The average Bonchev–Trinajstić information content (AvgIpc) is 2.46. The number of anilines is 1. The van der Waals surface area contributed by atoms with Crippen LogP contribution in [0.1, 0.15) is 5.56 Å². The van der Waals surface area contributed by atoms with Gasteiger partial charge in [-0.2, -0.15) is 0 Å². The molecule has 0 aliphatic heterocycles. The molecule has 3 heteroatoms. The van der Waals surface area contributed by atoms with Crippen molar-refractivity contribution >= 4 is 17.4 Å². The molecule has 94 valence electrons. The van der Waals surface area contributed by atoms with Crippen molar-refractivity contribution in [3.05, 3.63) is 54.1 Å². The maximum absolute atomic E-state index is 5.42. The summed E-state index contributed by atoms with van der Waals surface area (Å²) >= 11 is 1.79. The Morgan fingerprint density at radius 1 is 1.11 bits per heavy atom. The fourth-order valence-corrected chi connectivity index (χ4v) is 2.64. The van der Waals surface area contributed by atoms with Crippen molar-refractivity contribution in [1.82, 2.24) is 0 Å². The van der Waals surface area contributed by atoms with Crippen molar-refractivity contribution in [2.24, 2.45) is 0 Å². The summed E-state index contributed by atoms with van der Waals surface area (Å²) in [5.41, 5.74) is 2.39. The Kier molecular flexibility index (Phi) is 4.53. The lowest BCUT2D eigenvalue weighted by Crippen LogP contribution is -1.91. The van der Waals surface area contributed by atoms with Crippen LogP contribution in [0.15, 0.2) is 53.4 Å². The van der Waals surface area contributed by atoms with E-state index in [-0.39, 0.29) is 0 Å². The molecule has 0 spiro atoms. The van der Waals surface area contributed by atoms with Crippen LogP contribution in [-0.2, 0) is 5.75 Å². The second-order valence-electron chi connectivity index (χ2n) is 3.89. The zero-order chi connectivity index (χ0) is 12.8. The van der Waals surface area contributed by atoms with Crippen molar-refractivity contribution in [3.63, 3.8) is 0 Å². The fourth-order valence-electron chi connectivity index (χ4n) is 1.68. The summed E-state index contributed by atoms with van der Waals surface area (Å²) in [6.45, 7) is 0. The Morgan fingerprint density at radius 3 is 2.56 bits per heavy atom. The van der Waals surface area contributed by atoms with E-state index in [1.165, 1.54) is 10.5 Å². The standard InChI is InChI=1S/C15H17NOS/c1-16-13-8-9-15(14(10-13)17-2)18-11-12-6-4-3-5-7-12/h3-10,16H,11H2,1-2H3. The van der Waals surface area contributed by atoms with Crippen LogP contribution in [0.4, 0.5) is 5.69 Å². The predicted molar refractivity (Wildman–Crippen MR) is 78.5 cm³/mol. The summed E-state index contributed by atoms with van der Waals surface area (Å²) in [4.78, 5) is 1.17. The van der Waals surface area contributed by atoms with E-state index in [0.29, 0.717) is 0 Å². The highest BCUT2D eigenvalue weighted by Crippen LogP contribution is 2.33. The lowest BCUT2D eigenvalue weighted by atomic mass is 10.2. The largest absolute Gasteiger partial charge is 0.496 e. The van der Waals surface area contributed by atoms with Crippen LogP contribution < -0.4 is 10.1 Å². The molecule has 0 fully saturated rings. The van der Waals surface area contributed by atoms with Crippen molar-refractivity contribution in [3.8, 4) is 5.75 Å². The Hall–Kier alpha value is -1.61. The van der Waals surface area contributed by atoms with E-state index in [1.807, 2.05) is 19.2 Å². The fraction of sp³-hybridized carbons (Fsp3) is 0.200. The van der Waals surface area contributed by atoms with Crippen LogP contribution in [0.2, 0.25) is 0 Å². The number of nitrogens with one attached hydrogen (secondary N) is 1. The Bertz CT molecular complexity index is 499. The van der Waals surface area contributed by atoms with Gasteiger partial charge in [-0.15, -0.1) is 11.8 Å². The van der Waals surface area contributed by atoms with Crippen LogP contribution in [0, 0.1) is 0 Å². The van der Waals surface area contributed by atoms with Gasteiger partial charge in [0, 0.05) is 29.4 Å². The molecule has 0 saturated heterocycles. The third-order valence-electron chi connectivity index (χ3n) is 2.69. The number of methoxy groups -OCH3 is 1. The topological polar surface area (TPSA) is 21.3 Å². The first-order valence-corrected chi connectivity index (χ1v) is 6.84. The average molecular weight is 259 g/mol. The van der Waals surface area contributed by atoms with Crippen LogP contribution in [0.5, 0.6) is 5.75 Å². The SMILES string of the molecule is CNc1ccc(SCc2ccccc2)c(OC)c1. The Labute approximate surface area is 112 Å². The molecule has 0 aromatic heterocycles. The number of hydrogen-bond donors (Lipinski definition) is 1. The number of thioether (sulfide) groups is 1. The third kappa shape index (κ3) is 3.20. The summed E-state index contributed by atoms with van der Waals surface area (Å²) in [5.74, 6) is 1.87. The molecule has 2 aromatic carbocycles. The normalized spacial score (nSPS) is 10.1. The number of benzene rings is 2. The minimum atomic E-state index is 0.919. The van der Waals surface area contributed by atoms with Crippen LogP contribution in [-0.4, -0.2) is 14.2 Å². The summed E-state index contributed by atoms with van der Waals surface area (Å²) in [6, 6.07) is 16.6. The first-order chi connectivity index (χ1) is 8.83. The van der Waals surface area contributed by atoms with Gasteiger partial charge in [-0.05, 0) is 17.7 Å². The van der Waals surface area contributed by atoms with Gasteiger partial charge >= 0.3 is 0 Å². The van der Waals surface area contributed by atoms with Crippen LogP contribution in [0.3, 0.4) is 0 Å². The second-order valence-corrected chi connectivity index (χ2v) is 4.91. The van der Waals surface area contributed by atoms with Gasteiger partial charge in [0.05, 0.1) is 7.11 Å². The monoisotopic (exact) mass is 259 g/mol. The molecule has 2 nitrogen and oxygen atoms in total. The number of hydrogen-bond acceptors (Lipinski definition) is 3. The minimum absolute atomic E-state index is 0.919. The van der Waals surface area contributed by atoms with Crippen molar-refractivity contribution < 1.29 is 4.74 Å². The first-order valence-electron chi connectivity index (χ1n) is 5.86. The van der Waals surface area contributed by atoms with Crippen molar-refractivity contribution in [2.45, 2.75) is 10.6 Å². The molecule has 2 aromatic rings. The molecule has 0 heterocycles. The maximum atomic E-state index is 5.42. The van der Waals surface area contributed by atoms with Crippen LogP contribution >= 0.6 is 11.8 Å². The molecule has 0 aliphatic carbocycles. The van der Waals surface area contributed by atoms with E-state index in [2.05, 4.69) is 41.7 Å². The van der Waals surface area contributed by atoms with Gasteiger partial charge in [0.2, 0.25) is 0 Å². The third-order valence-corrected chi connectivity index (χ3v) is 3.82. The van der Waals surface area contributed by atoms with E-state index in [0.717, 1.165) is 17.2 Å². The summed E-state index contributed by atoms with van der Waals surface area (Å²) in [6.07, 6.45) is 0. The Morgan fingerprint density at radius 2 is 1.89 bits per heavy atom. The molecule has 1 N–H and O–H groups in total. The molecule has 0 unspecified atom stereocenters. The lowest BCUT2D eigenvalue weighted by Gasteiger charge is -2.10. The van der Waals surface area contributed by atoms with E-state index >= 15 is 0 Å². The van der Waals surface area contributed by atoms with Crippen LogP contribution in [0.25, 0.3) is 0 Å².